The molecule has 0 saturated carbocycles. The normalized spacial score (nSPS) is 13.2. The Hall–Kier alpha value is -0.870. The minimum Gasteiger partial charge on any atom is -0.285 e. The maximum Gasteiger partial charge on any atom is 0.274 e. The average Bonchev–Trinajstić information content (AvgIpc) is 3.09. The van der Waals surface area contributed by atoms with E-state index in [0.29, 0.717) is 6.42 Å². The van der Waals surface area contributed by atoms with Gasteiger partial charge in [-0.2, -0.15) is 8.42 Å². The second-order valence-corrected chi connectivity index (χ2v) is 18.1. The van der Waals surface area contributed by atoms with Crippen LogP contribution in [0.4, 0.5) is 0 Å². The van der Waals surface area contributed by atoms with Crippen LogP contribution in [0.5, 0.6) is 0 Å². The van der Waals surface area contributed by atoms with Gasteiger partial charge in [0.25, 0.3) is 10.1 Å². The second-order valence-electron chi connectivity index (χ2n) is 16.3. The number of rotatable bonds is 37. The molecule has 0 heterocycles. The first-order chi connectivity index (χ1) is 24.3. The van der Waals surface area contributed by atoms with Gasteiger partial charge in [-0.3, -0.25) is 4.55 Å². The van der Waals surface area contributed by atoms with Crippen LogP contribution in [0.1, 0.15) is 256 Å². The molecule has 0 bridgehead atoms. The lowest BCUT2D eigenvalue weighted by atomic mass is 9.87. The zero-order chi connectivity index (χ0) is 36.6. The number of hydrogen-bond donors (Lipinski definition) is 1. The van der Waals surface area contributed by atoms with E-state index in [1.165, 1.54) is 192 Å². The third-order valence-electron chi connectivity index (χ3n) is 11.6. The van der Waals surface area contributed by atoms with Crippen molar-refractivity contribution in [1.29, 1.82) is 0 Å². The third kappa shape index (κ3) is 22.9. The van der Waals surface area contributed by atoms with Crippen molar-refractivity contribution in [2.75, 3.05) is 0 Å². The van der Waals surface area contributed by atoms with Crippen molar-refractivity contribution < 1.29 is 13.0 Å². The quantitative estimate of drug-likeness (QED) is 0.0550. The van der Waals surface area contributed by atoms with E-state index in [-0.39, 0.29) is 0 Å². The molecule has 294 valence electrons. The second kappa shape index (κ2) is 31.6. The van der Waals surface area contributed by atoms with Crippen LogP contribution in [0.2, 0.25) is 0 Å². The molecule has 50 heavy (non-hydrogen) atoms. The molecule has 1 atom stereocenters. The van der Waals surface area contributed by atoms with Gasteiger partial charge in [0.1, 0.15) is 4.75 Å². The van der Waals surface area contributed by atoms with Crippen LogP contribution in [-0.2, 0) is 21.3 Å². The van der Waals surface area contributed by atoms with Crippen molar-refractivity contribution in [3.05, 3.63) is 34.9 Å². The molecule has 1 unspecified atom stereocenters. The molecule has 0 radical (unpaired) electrons. The maximum atomic E-state index is 12.5. The molecule has 1 aromatic carbocycles. The van der Waals surface area contributed by atoms with Crippen LogP contribution in [0, 0.1) is 6.92 Å². The first-order valence-electron chi connectivity index (χ1n) is 22.3. The summed E-state index contributed by atoms with van der Waals surface area (Å²) < 4.78 is 34.1. The van der Waals surface area contributed by atoms with Crippen LogP contribution < -0.4 is 0 Å². The SMILES string of the molecule is CCCCCCCCCCCCCCCCCCCCCCCCCCCCCCCCCCC(C)(c1cccc(CCC)c1C)S(=O)(=O)O. The molecule has 0 saturated heterocycles. The minimum absolute atomic E-state index is 0.474. The van der Waals surface area contributed by atoms with Gasteiger partial charge in [-0.25, -0.2) is 0 Å². The van der Waals surface area contributed by atoms with Crippen LogP contribution in [0.3, 0.4) is 0 Å². The molecule has 1 N–H and O–H groups in total. The molecule has 0 amide bonds. The van der Waals surface area contributed by atoms with Gasteiger partial charge in [-0.15, -0.1) is 0 Å². The molecule has 1 rings (SSSR count). The van der Waals surface area contributed by atoms with Crippen molar-refractivity contribution in [2.24, 2.45) is 0 Å². The smallest absolute Gasteiger partial charge is 0.274 e. The highest BCUT2D eigenvalue weighted by molar-refractivity contribution is 7.86. The van der Waals surface area contributed by atoms with Gasteiger partial charge >= 0.3 is 0 Å². The van der Waals surface area contributed by atoms with Crippen molar-refractivity contribution >= 4 is 10.1 Å². The predicted octanol–water partition coefficient (Wildman–Crippen LogP) is 15.9. The first-order valence-corrected chi connectivity index (χ1v) is 23.8. The molecule has 0 spiro atoms. The first kappa shape index (κ1) is 47.2. The van der Waals surface area contributed by atoms with Gasteiger partial charge in [0.2, 0.25) is 0 Å². The highest BCUT2D eigenvalue weighted by atomic mass is 32.2. The van der Waals surface area contributed by atoms with E-state index in [1.807, 2.05) is 19.1 Å². The fourth-order valence-electron chi connectivity index (χ4n) is 8.04. The van der Waals surface area contributed by atoms with E-state index < -0.39 is 14.9 Å². The van der Waals surface area contributed by atoms with Crippen molar-refractivity contribution in [2.45, 2.75) is 257 Å². The molecular formula is C46H86O3S. The van der Waals surface area contributed by atoms with Gasteiger partial charge in [-0.1, -0.05) is 244 Å². The Bertz CT molecular complexity index is 1000. The van der Waals surface area contributed by atoms with Crippen LogP contribution in [-0.4, -0.2) is 13.0 Å². The summed E-state index contributed by atoms with van der Waals surface area (Å²) in [6, 6.07) is 5.92. The number of unbranched alkanes of at least 4 members (excludes halogenated alkanes) is 31. The third-order valence-corrected chi connectivity index (χ3v) is 13.2. The van der Waals surface area contributed by atoms with Gasteiger partial charge in [0.15, 0.2) is 0 Å². The number of aryl methyl sites for hydroxylation is 1. The van der Waals surface area contributed by atoms with Crippen LogP contribution >= 0.6 is 0 Å². The topological polar surface area (TPSA) is 54.4 Å². The molecule has 1 aromatic rings. The number of benzene rings is 1. The van der Waals surface area contributed by atoms with E-state index >= 15 is 0 Å². The summed E-state index contributed by atoms with van der Waals surface area (Å²) in [5.41, 5.74) is 2.97. The Morgan fingerprint density at radius 1 is 0.480 bits per heavy atom. The summed E-state index contributed by atoms with van der Waals surface area (Å²) in [4.78, 5) is 0. The summed E-state index contributed by atoms with van der Waals surface area (Å²) >= 11 is 0. The largest absolute Gasteiger partial charge is 0.285 e. The van der Waals surface area contributed by atoms with Crippen molar-refractivity contribution in [1.82, 2.24) is 0 Å². The number of hydrogen-bond acceptors (Lipinski definition) is 2. The van der Waals surface area contributed by atoms with Gasteiger partial charge < -0.3 is 0 Å². The molecule has 0 aliphatic heterocycles. The Kier molecular flexibility index (Phi) is 29.8. The lowest BCUT2D eigenvalue weighted by molar-refractivity contribution is 0.413. The lowest BCUT2D eigenvalue weighted by Crippen LogP contribution is -2.33. The van der Waals surface area contributed by atoms with E-state index in [2.05, 4.69) is 19.9 Å². The predicted molar refractivity (Wildman–Crippen MR) is 222 cm³/mol. The van der Waals surface area contributed by atoms with Crippen LogP contribution in [0.15, 0.2) is 18.2 Å². The monoisotopic (exact) mass is 719 g/mol. The lowest BCUT2D eigenvalue weighted by Gasteiger charge is -2.29. The van der Waals surface area contributed by atoms with E-state index in [4.69, 9.17) is 0 Å². The Labute approximate surface area is 314 Å². The van der Waals surface area contributed by atoms with E-state index in [9.17, 15) is 13.0 Å². The molecule has 0 aromatic heterocycles. The maximum absolute atomic E-state index is 12.5. The standard InChI is InChI=1S/C46H86O3S/c1-5-7-8-9-10-11-12-13-14-15-16-17-18-19-20-21-22-23-24-25-26-27-28-29-30-31-32-33-34-35-36-37-42-46(4,50(47,48)49)45-41-38-40-44(39-6-2)43(45)3/h38,40-41H,5-37,39,42H2,1-4H3,(H,47,48,49). The summed E-state index contributed by atoms with van der Waals surface area (Å²) in [7, 11) is -4.20. The molecule has 0 fully saturated rings. The fraction of sp³-hybridized carbons (Fsp3) is 0.870. The zero-order valence-corrected chi connectivity index (χ0v) is 35.0. The summed E-state index contributed by atoms with van der Waals surface area (Å²) in [6.07, 6.45) is 46.8. The molecule has 3 nitrogen and oxygen atoms in total. The van der Waals surface area contributed by atoms with Crippen molar-refractivity contribution in [3.8, 4) is 0 Å². The molecule has 0 aliphatic rings. The zero-order valence-electron chi connectivity index (χ0n) is 34.2. The average molecular weight is 719 g/mol. The summed E-state index contributed by atoms with van der Waals surface area (Å²) in [5.74, 6) is 0. The van der Waals surface area contributed by atoms with Gasteiger partial charge in [-0.05, 0) is 43.4 Å². The Morgan fingerprint density at radius 2 is 0.780 bits per heavy atom. The fourth-order valence-corrected chi connectivity index (χ4v) is 8.94. The molecule has 0 aliphatic carbocycles. The van der Waals surface area contributed by atoms with E-state index in [1.54, 1.807) is 6.92 Å². The molecular weight excluding hydrogens is 633 g/mol. The summed E-state index contributed by atoms with van der Waals surface area (Å²) in [6.45, 7) is 8.16. The van der Waals surface area contributed by atoms with Gasteiger partial charge in [0.05, 0.1) is 0 Å². The highest BCUT2D eigenvalue weighted by Crippen LogP contribution is 2.38. The van der Waals surface area contributed by atoms with E-state index in [0.717, 1.165) is 43.2 Å². The minimum atomic E-state index is -4.20. The van der Waals surface area contributed by atoms with Crippen LogP contribution in [0.25, 0.3) is 0 Å². The van der Waals surface area contributed by atoms with Crippen molar-refractivity contribution in [3.63, 3.8) is 0 Å². The Balaban J connectivity index is 1.86. The highest BCUT2D eigenvalue weighted by Gasteiger charge is 2.40. The molecule has 4 heteroatoms. The Morgan fingerprint density at radius 3 is 1.06 bits per heavy atom. The van der Waals surface area contributed by atoms with Gasteiger partial charge in [0, 0.05) is 0 Å². The summed E-state index contributed by atoms with van der Waals surface area (Å²) in [5, 5.41) is 0.